The van der Waals surface area contributed by atoms with Gasteiger partial charge in [0.15, 0.2) is 0 Å². The van der Waals surface area contributed by atoms with Crippen LogP contribution in [0.1, 0.15) is 56.7 Å². The fourth-order valence-electron chi connectivity index (χ4n) is 4.94. The fraction of sp³-hybridized carbons (Fsp3) is 0.310. The Morgan fingerprint density at radius 3 is 2.00 bits per heavy atom. The summed E-state index contributed by atoms with van der Waals surface area (Å²) in [7, 11) is 0. The van der Waals surface area contributed by atoms with Crippen LogP contribution in [0, 0.1) is 11.6 Å². The van der Waals surface area contributed by atoms with Gasteiger partial charge in [-0.15, -0.1) is 0 Å². The normalized spacial score (nSPS) is 15.7. The molecule has 0 bridgehead atoms. The molecule has 7 nitrogen and oxygen atoms in total. The second-order valence-corrected chi connectivity index (χ2v) is 9.67. The van der Waals surface area contributed by atoms with Crippen LogP contribution in [0.2, 0.25) is 0 Å². The molecule has 1 aliphatic rings. The highest BCUT2D eigenvalue weighted by atomic mass is 19.1. The Kier molecular flexibility index (Phi) is 7.44. The van der Waals surface area contributed by atoms with Gasteiger partial charge in [0.25, 0.3) is 5.91 Å². The highest BCUT2D eigenvalue weighted by Crippen LogP contribution is 2.32. The summed E-state index contributed by atoms with van der Waals surface area (Å²) in [5, 5.41) is 12.0. The molecule has 196 valence electrons. The molecule has 1 aliphatic carbocycles. The van der Waals surface area contributed by atoms with Crippen LogP contribution in [-0.2, 0) is 9.59 Å². The minimum atomic E-state index is -1.12. The van der Waals surface area contributed by atoms with Crippen LogP contribution in [0.25, 0.3) is 11.0 Å². The predicted molar refractivity (Wildman–Crippen MR) is 140 cm³/mol. The maximum absolute atomic E-state index is 14.2. The summed E-state index contributed by atoms with van der Waals surface area (Å²) in [6, 6.07) is 16.1. The van der Waals surface area contributed by atoms with Gasteiger partial charge >= 0.3 is 0 Å². The SMILES string of the molecule is C[C@@H](C(=O)N(c1ccc(F)cc1)[C@H](C(=O)NC1CCCCC1)c1ccc(F)cc1)n1nc2ccccc2n1. The van der Waals surface area contributed by atoms with Gasteiger partial charge in [-0.05, 0) is 73.9 Å². The smallest absolute Gasteiger partial charge is 0.254 e. The summed E-state index contributed by atoms with van der Waals surface area (Å²) in [6.45, 7) is 1.65. The molecule has 2 atom stereocenters. The number of carbonyl (C=O) groups excluding carboxylic acids is 2. The van der Waals surface area contributed by atoms with Crippen molar-refractivity contribution in [1.29, 1.82) is 0 Å². The summed E-state index contributed by atoms with van der Waals surface area (Å²) in [4.78, 5) is 30.7. The van der Waals surface area contributed by atoms with Gasteiger partial charge in [-0.25, -0.2) is 8.78 Å². The fourth-order valence-corrected chi connectivity index (χ4v) is 4.94. The molecule has 0 unspecified atom stereocenters. The lowest BCUT2D eigenvalue weighted by Crippen LogP contribution is -2.49. The summed E-state index contributed by atoms with van der Waals surface area (Å²) in [5.74, 6) is -1.78. The molecule has 0 aliphatic heterocycles. The van der Waals surface area contributed by atoms with E-state index in [1.54, 1.807) is 19.1 Å². The van der Waals surface area contributed by atoms with Gasteiger partial charge in [0.05, 0.1) is 0 Å². The third kappa shape index (κ3) is 5.41. The van der Waals surface area contributed by atoms with Gasteiger partial charge in [0.2, 0.25) is 5.91 Å². The van der Waals surface area contributed by atoms with Crippen LogP contribution in [0.15, 0.2) is 72.8 Å². The van der Waals surface area contributed by atoms with Crippen molar-refractivity contribution in [2.24, 2.45) is 0 Å². The topological polar surface area (TPSA) is 80.1 Å². The molecule has 0 radical (unpaired) electrons. The zero-order valence-electron chi connectivity index (χ0n) is 21.1. The minimum Gasteiger partial charge on any atom is -0.351 e. The molecule has 5 rings (SSSR count). The van der Waals surface area contributed by atoms with Gasteiger partial charge < -0.3 is 5.32 Å². The Morgan fingerprint density at radius 1 is 0.868 bits per heavy atom. The van der Waals surface area contributed by atoms with Gasteiger partial charge in [-0.2, -0.15) is 15.0 Å². The van der Waals surface area contributed by atoms with E-state index in [0.717, 1.165) is 32.1 Å². The van der Waals surface area contributed by atoms with Gasteiger partial charge in [0.1, 0.15) is 34.8 Å². The number of fused-ring (bicyclic) bond motifs is 1. The van der Waals surface area contributed by atoms with E-state index in [1.807, 2.05) is 12.1 Å². The van der Waals surface area contributed by atoms with Crippen LogP contribution in [-0.4, -0.2) is 32.9 Å². The molecular weight excluding hydrogens is 488 g/mol. The molecule has 1 saturated carbocycles. The Hall–Kier alpha value is -4.14. The lowest BCUT2D eigenvalue weighted by Gasteiger charge is -2.34. The number of benzene rings is 3. The van der Waals surface area contributed by atoms with Crippen molar-refractivity contribution in [3.8, 4) is 0 Å². The number of aromatic nitrogens is 3. The minimum absolute atomic E-state index is 0.0140. The highest BCUT2D eigenvalue weighted by molar-refractivity contribution is 6.03. The quantitative estimate of drug-likeness (QED) is 0.351. The van der Waals surface area contributed by atoms with E-state index in [-0.39, 0.29) is 11.9 Å². The van der Waals surface area contributed by atoms with Crippen molar-refractivity contribution in [2.45, 2.75) is 57.2 Å². The lowest BCUT2D eigenvalue weighted by atomic mass is 9.94. The van der Waals surface area contributed by atoms with Crippen molar-refractivity contribution in [2.75, 3.05) is 4.90 Å². The van der Waals surface area contributed by atoms with E-state index in [1.165, 1.54) is 58.2 Å². The second-order valence-electron chi connectivity index (χ2n) is 9.67. The third-order valence-corrected chi connectivity index (χ3v) is 6.99. The standard InChI is InChI=1S/C29H29F2N5O2/c1-19(36-33-25-9-5-6-10-26(25)34-36)29(38)35(24-17-15-22(31)16-18-24)27(20-11-13-21(30)14-12-20)28(37)32-23-7-3-2-4-8-23/h5-6,9-19,23,27H,2-4,7-8H2,1H3,(H,32,37)/t19-,27-/m0/s1. The molecule has 4 aromatic rings. The Labute approximate surface area is 219 Å². The monoisotopic (exact) mass is 517 g/mol. The van der Waals surface area contributed by atoms with Crippen molar-refractivity contribution in [1.82, 2.24) is 20.3 Å². The average molecular weight is 518 g/mol. The van der Waals surface area contributed by atoms with Gasteiger partial charge in [0, 0.05) is 11.7 Å². The summed E-state index contributed by atoms with van der Waals surface area (Å²) in [5.41, 5.74) is 2.02. The number of amides is 2. The van der Waals surface area contributed by atoms with Crippen molar-refractivity contribution in [3.63, 3.8) is 0 Å². The number of nitrogens with one attached hydrogen (secondary N) is 1. The van der Waals surface area contributed by atoms with E-state index in [2.05, 4.69) is 15.5 Å². The van der Waals surface area contributed by atoms with E-state index < -0.39 is 29.6 Å². The summed E-state index contributed by atoms with van der Waals surface area (Å²) < 4.78 is 27.7. The van der Waals surface area contributed by atoms with Gasteiger partial charge in [-0.1, -0.05) is 43.5 Å². The maximum atomic E-state index is 14.2. The molecule has 3 aromatic carbocycles. The van der Waals surface area contributed by atoms with Crippen molar-refractivity contribution in [3.05, 3.63) is 90.0 Å². The average Bonchev–Trinajstić information content (AvgIpc) is 3.37. The molecule has 1 heterocycles. The molecule has 1 N–H and O–H groups in total. The molecule has 38 heavy (non-hydrogen) atoms. The third-order valence-electron chi connectivity index (χ3n) is 6.99. The number of hydrogen-bond acceptors (Lipinski definition) is 4. The Balaban J connectivity index is 1.57. The largest absolute Gasteiger partial charge is 0.351 e. The van der Waals surface area contributed by atoms with Crippen LogP contribution in [0.5, 0.6) is 0 Å². The first-order chi connectivity index (χ1) is 18.4. The highest BCUT2D eigenvalue weighted by Gasteiger charge is 2.37. The summed E-state index contributed by atoms with van der Waals surface area (Å²) in [6.07, 6.45) is 4.86. The molecule has 1 aromatic heterocycles. The number of anilines is 1. The van der Waals surface area contributed by atoms with E-state index in [9.17, 15) is 18.4 Å². The molecule has 0 spiro atoms. The number of halogens is 2. The maximum Gasteiger partial charge on any atom is 0.254 e. The molecule has 2 amide bonds. The van der Waals surface area contributed by atoms with Crippen molar-refractivity contribution >= 4 is 28.5 Å². The Morgan fingerprint density at radius 2 is 1.42 bits per heavy atom. The van der Waals surface area contributed by atoms with Crippen LogP contribution >= 0.6 is 0 Å². The molecule has 9 heteroatoms. The molecule has 1 fully saturated rings. The second kappa shape index (κ2) is 11.1. The van der Waals surface area contributed by atoms with E-state index in [0.29, 0.717) is 22.3 Å². The first-order valence-electron chi connectivity index (χ1n) is 12.9. The molecule has 0 saturated heterocycles. The van der Waals surface area contributed by atoms with Crippen LogP contribution < -0.4 is 10.2 Å². The van der Waals surface area contributed by atoms with Crippen LogP contribution in [0.3, 0.4) is 0 Å². The first-order valence-corrected chi connectivity index (χ1v) is 12.9. The number of carbonyl (C=O) groups is 2. The number of rotatable bonds is 7. The zero-order chi connectivity index (χ0) is 26.6. The van der Waals surface area contributed by atoms with Crippen molar-refractivity contribution < 1.29 is 18.4 Å². The Bertz CT molecular complexity index is 1380. The number of nitrogens with zero attached hydrogens (tertiary/aromatic N) is 4. The van der Waals surface area contributed by atoms with Gasteiger partial charge in [-0.3, -0.25) is 14.5 Å². The zero-order valence-corrected chi connectivity index (χ0v) is 21.1. The van der Waals surface area contributed by atoms with E-state index in [4.69, 9.17) is 0 Å². The predicted octanol–water partition coefficient (Wildman–Crippen LogP) is 5.49. The lowest BCUT2D eigenvalue weighted by molar-refractivity contribution is -0.128. The van der Waals surface area contributed by atoms with Crippen LogP contribution in [0.4, 0.5) is 14.5 Å². The summed E-state index contributed by atoms with van der Waals surface area (Å²) >= 11 is 0. The number of hydrogen-bond donors (Lipinski definition) is 1. The van der Waals surface area contributed by atoms with E-state index >= 15 is 0 Å². The molecular formula is C29H29F2N5O2. The first kappa shape index (κ1) is 25.5.